The van der Waals surface area contributed by atoms with E-state index >= 15 is 0 Å². The number of aryl methyl sites for hydroxylation is 1. The number of rotatable bonds is 4. The van der Waals surface area contributed by atoms with Crippen LogP contribution in [-0.4, -0.2) is 11.1 Å². The van der Waals surface area contributed by atoms with Crippen LogP contribution in [0.25, 0.3) is 0 Å². The number of nitrogens with two attached hydrogens (primary N) is 1. The molecule has 1 aromatic rings. The van der Waals surface area contributed by atoms with Gasteiger partial charge < -0.3 is 10.8 Å². The molecule has 0 saturated heterocycles. The van der Waals surface area contributed by atoms with Crippen molar-refractivity contribution in [3.8, 4) is 0 Å². The molecule has 15 heavy (non-hydrogen) atoms. The Balaban J connectivity index is 0.00000196. The first-order valence-corrected chi connectivity index (χ1v) is 4.70. The molecule has 0 fully saturated rings. The molecule has 0 spiro atoms. The molecule has 0 saturated carbocycles. The number of hydrogen-bond donors (Lipinski definition) is 2. The molecule has 0 aliphatic carbocycles. The highest BCUT2D eigenvalue weighted by molar-refractivity contribution is 6.31. The highest BCUT2D eigenvalue weighted by Crippen LogP contribution is 2.19. The summed E-state index contributed by atoms with van der Waals surface area (Å²) in [5.41, 5.74) is 7.24. The molecule has 3 N–H and O–H groups in total. The zero-order valence-corrected chi connectivity index (χ0v) is 9.64. The topological polar surface area (TPSA) is 63.3 Å². The van der Waals surface area contributed by atoms with Gasteiger partial charge >= 0.3 is 5.97 Å². The molecular weight excluding hydrogens is 237 g/mol. The second-order valence-electron chi connectivity index (χ2n) is 3.02. The van der Waals surface area contributed by atoms with E-state index in [0.717, 1.165) is 11.1 Å². The van der Waals surface area contributed by atoms with Gasteiger partial charge in [0.1, 0.15) is 0 Å². The summed E-state index contributed by atoms with van der Waals surface area (Å²) in [4.78, 5) is 10.3. The Morgan fingerprint density at radius 1 is 1.47 bits per heavy atom. The minimum absolute atomic E-state index is 0. The summed E-state index contributed by atoms with van der Waals surface area (Å²) in [5.74, 6) is -0.816. The number of hydrogen-bond acceptors (Lipinski definition) is 2. The largest absolute Gasteiger partial charge is 0.481 e. The summed E-state index contributed by atoms with van der Waals surface area (Å²) < 4.78 is 0. The SMILES string of the molecule is Cl.NCc1ccc(CCC(=O)O)c(Cl)c1. The van der Waals surface area contributed by atoms with E-state index in [1.165, 1.54) is 0 Å². The second-order valence-corrected chi connectivity index (χ2v) is 3.43. The fraction of sp³-hybridized carbons (Fsp3) is 0.300. The predicted molar refractivity (Wildman–Crippen MR) is 62.5 cm³/mol. The third-order valence-electron chi connectivity index (χ3n) is 1.96. The maximum Gasteiger partial charge on any atom is 0.303 e. The van der Waals surface area contributed by atoms with Gasteiger partial charge in [-0.2, -0.15) is 0 Å². The number of carboxylic acids is 1. The van der Waals surface area contributed by atoms with Crippen molar-refractivity contribution in [2.24, 2.45) is 5.73 Å². The summed E-state index contributed by atoms with van der Waals surface area (Å²) in [6.07, 6.45) is 0.556. The van der Waals surface area contributed by atoms with Crippen LogP contribution < -0.4 is 5.73 Å². The van der Waals surface area contributed by atoms with Crippen molar-refractivity contribution in [3.63, 3.8) is 0 Å². The normalized spacial score (nSPS) is 9.47. The molecule has 0 unspecified atom stereocenters. The maximum absolute atomic E-state index is 10.3. The van der Waals surface area contributed by atoms with Gasteiger partial charge in [0.25, 0.3) is 0 Å². The molecule has 0 bridgehead atoms. The summed E-state index contributed by atoms with van der Waals surface area (Å²) in [6.45, 7) is 0.443. The Hall–Kier alpha value is -0.770. The minimum atomic E-state index is -0.816. The molecule has 0 amide bonds. The van der Waals surface area contributed by atoms with Gasteiger partial charge in [-0.15, -0.1) is 12.4 Å². The van der Waals surface area contributed by atoms with Crippen LogP contribution in [0.1, 0.15) is 17.5 Å². The summed E-state index contributed by atoms with van der Waals surface area (Å²) >= 11 is 5.94. The van der Waals surface area contributed by atoms with E-state index in [0.29, 0.717) is 18.0 Å². The van der Waals surface area contributed by atoms with E-state index < -0.39 is 5.97 Å². The number of aliphatic carboxylic acids is 1. The van der Waals surface area contributed by atoms with Gasteiger partial charge in [-0.3, -0.25) is 4.79 Å². The zero-order valence-electron chi connectivity index (χ0n) is 8.07. The fourth-order valence-electron chi connectivity index (χ4n) is 1.16. The third-order valence-corrected chi connectivity index (χ3v) is 2.31. The number of carboxylic acid groups (broad SMARTS) is 1. The third kappa shape index (κ3) is 4.51. The molecule has 0 radical (unpaired) electrons. The number of carbonyl (C=O) groups is 1. The summed E-state index contributed by atoms with van der Waals surface area (Å²) in [5, 5.41) is 9.10. The van der Waals surface area contributed by atoms with Crippen molar-refractivity contribution >= 4 is 30.0 Å². The Kier molecular flexibility index (Phi) is 6.32. The summed E-state index contributed by atoms with van der Waals surface area (Å²) in [7, 11) is 0. The number of halogens is 2. The lowest BCUT2D eigenvalue weighted by Gasteiger charge is -2.04. The van der Waals surface area contributed by atoms with Gasteiger partial charge in [0, 0.05) is 18.0 Å². The maximum atomic E-state index is 10.3. The van der Waals surface area contributed by atoms with Crippen LogP contribution in [0.4, 0.5) is 0 Å². The highest BCUT2D eigenvalue weighted by atomic mass is 35.5. The average molecular weight is 250 g/mol. The quantitative estimate of drug-likeness (QED) is 0.861. The smallest absolute Gasteiger partial charge is 0.303 e. The number of benzene rings is 1. The lowest BCUT2D eigenvalue weighted by Crippen LogP contribution is -2.00. The standard InChI is InChI=1S/C10H12ClNO2.ClH/c11-9-5-7(6-12)1-2-8(9)3-4-10(13)14;/h1-2,5H,3-4,6,12H2,(H,13,14);1H. The van der Waals surface area contributed by atoms with E-state index in [-0.39, 0.29) is 18.8 Å². The zero-order chi connectivity index (χ0) is 10.6. The first-order chi connectivity index (χ1) is 6.63. The van der Waals surface area contributed by atoms with E-state index in [4.69, 9.17) is 22.4 Å². The summed E-state index contributed by atoms with van der Waals surface area (Å²) in [6, 6.07) is 5.47. The minimum Gasteiger partial charge on any atom is -0.481 e. The van der Waals surface area contributed by atoms with Crippen LogP contribution in [-0.2, 0) is 17.8 Å². The monoisotopic (exact) mass is 249 g/mol. The van der Waals surface area contributed by atoms with Gasteiger partial charge in [0.2, 0.25) is 0 Å². The average Bonchev–Trinajstić information content (AvgIpc) is 2.15. The van der Waals surface area contributed by atoms with Gasteiger partial charge in [0.05, 0.1) is 0 Å². The van der Waals surface area contributed by atoms with Crippen molar-refractivity contribution in [3.05, 3.63) is 34.3 Å². The molecule has 0 aliphatic heterocycles. The molecule has 84 valence electrons. The Bertz CT molecular complexity index is 342. The molecule has 5 heteroatoms. The molecule has 1 rings (SSSR count). The van der Waals surface area contributed by atoms with Gasteiger partial charge in [-0.25, -0.2) is 0 Å². The van der Waals surface area contributed by atoms with Crippen LogP contribution in [0.2, 0.25) is 5.02 Å². The molecular formula is C10H13Cl2NO2. The lowest BCUT2D eigenvalue weighted by molar-refractivity contribution is -0.136. The van der Waals surface area contributed by atoms with Crippen molar-refractivity contribution in [1.29, 1.82) is 0 Å². The predicted octanol–water partition coefficient (Wildman–Crippen LogP) is 2.24. The van der Waals surface area contributed by atoms with Crippen LogP contribution in [0, 0.1) is 0 Å². The molecule has 3 nitrogen and oxygen atoms in total. The first-order valence-electron chi connectivity index (χ1n) is 4.32. The highest BCUT2D eigenvalue weighted by Gasteiger charge is 2.04. The van der Waals surface area contributed by atoms with Crippen molar-refractivity contribution in [2.45, 2.75) is 19.4 Å². The van der Waals surface area contributed by atoms with Gasteiger partial charge in [-0.05, 0) is 23.6 Å². The van der Waals surface area contributed by atoms with Crippen LogP contribution >= 0.6 is 24.0 Å². The van der Waals surface area contributed by atoms with Crippen molar-refractivity contribution < 1.29 is 9.90 Å². The Labute approximate surface area is 99.6 Å². The molecule has 0 aromatic heterocycles. The van der Waals surface area contributed by atoms with E-state index in [2.05, 4.69) is 0 Å². The fourth-order valence-corrected chi connectivity index (χ4v) is 1.46. The molecule has 1 aromatic carbocycles. The van der Waals surface area contributed by atoms with Crippen molar-refractivity contribution in [1.82, 2.24) is 0 Å². The molecule has 0 heterocycles. The van der Waals surface area contributed by atoms with Crippen LogP contribution in [0.15, 0.2) is 18.2 Å². The van der Waals surface area contributed by atoms with Crippen LogP contribution in [0.3, 0.4) is 0 Å². The van der Waals surface area contributed by atoms with Crippen molar-refractivity contribution in [2.75, 3.05) is 0 Å². The lowest BCUT2D eigenvalue weighted by atomic mass is 10.1. The van der Waals surface area contributed by atoms with Gasteiger partial charge in [-0.1, -0.05) is 23.7 Å². The Morgan fingerprint density at radius 2 is 2.13 bits per heavy atom. The van der Waals surface area contributed by atoms with E-state index in [1.807, 2.05) is 12.1 Å². The van der Waals surface area contributed by atoms with E-state index in [9.17, 15) is 4.79 Å². The molecule has 0 aliphatic rings. The molecule has 0 atom stereocenters. The van der Waals surface area contributed by atoms with Crippen LogP contribution in [0.5, 0.6) is 0 Å². The Morgan fingerprint density at radius 3 is 2.60 bits per heavy atom. The van der Waals surface area contributed by atoms with Gasteiger partial charge in [0.15, 0.2) is 0 Å². The first kappa shape index (κ1) is 14.2. The van der Waals surface area contributed by atoms with E-state index in [1.54, 1.807) is 6.07 Å². The second kappa shape index (κ2) is 6.67.